The molecule has 2 saturated carbocycles. The quantitative estimate of drug-likeness (QED) is 0.698. The third kappa shape index (κ3) is 1.91. The van der Waals surface area contributed by atoms with E-state index in [9.17, 15) is 9.59 Å². The van der Waals surface area contributed by atoms with Crippen molar-refractivity contribution >= 4 is 17.6 Å². The first-order valence-corrected chi connectivity index (χ1v) is 7.31. The monoisotopic (exact) mass is 263 g/mol. The molecule has 3 rings (SSSR count). The van der Waals surface area contributed by atoms with Gasteiger partial charge in [0.25, 0.3) is 5.91 Å². The Morgan fingerprint density at radius 1 is 0.947 bits per heavy atom. The molecule has 1 spiro atoms. The van der Waals surface area contributed by atoms with E-state index in [0.29, 0.717) is 18.7 Å². The number of rotatable bonds is 1. The zero-order chi connectivity index (χ0) is 13.5. The molecule has 0 aromatic heterocycles. The summed E-state index contributed by atoms with van der Waals surface area (Å²) in [5, 5.41) is 2.86. The fraction of sp³-hybridized carbons (Fsp3) is 0.786. The van der Waals surface area contributed by atoms with Crippen LogP contribution >= 0.6 is 0 Å². The maximum Gasteiger partial charge on any atom is 0.263 e. The second-order valence-electron chi connectivity index (χ2n) is 6.23. The number of nitrogens with zero attached hydrogens (tertiary/aromatic N) is 1. The van der Waals surface area contributed by atoms with Crippen molar-refractivity contribution in [3.8, 4) is 0 Å². The lowest BCUT2D eigenvalue weighted by molar-refractivity contribution is -0.144. The van der Waals surface area contributed by atoms with Gasteiger partial charge in [-0.1, -0.05) is 32.1 Å². The number of carbonyl (C=O) groups excluding carboxylic acids is 2. The van der Waals surface area contributed by atoms with Crippen molar-refractivity contribution in [1.29, 1.82) is 0 Å². The first-order chi connectivity index (χ1) is 9.07. The van der Waals surface area contributed by atoms with Gasteiger partial charge in [-0.3, -0.25) is 9.59 Å². The minimum atomic E-state index is -0.892. The van der Waals surface area contributed by atoms with Gasteiger partial charge in [0.05, 0.1) is 5.54 Å². The van der Waals surface area contributed by atoms with Crippen LogP contribution < -0.4 is 11.1 Å². The van der Waals surface area contributed by atoms with E-state index in [0.717, 1.165) is 44.9 Å². The van der Waals surface area contributed by atoms with E-state index in [2.05, 4.69) is 10.3 Å². The van der Waals surface area contributed by atoms with Crippen LogP contribution in [0.1, 0.15) is 57.8 Å². The molecular formula is C14H21N3O2. The Morgan fingerprint density at radius 3 is 2.11 bits per heavy atom. The van der Waals surface area contributed by atoms with Gasteiger partial charge in [0.2, 0.25) is 5.91 Å². The zero-order valence-electron chi connectivity index (χ0n) is 11.2. The summed E-state index contributed by atoms with van der Waals surface area (Å²) in [5.41, 5.74) is 4.79. The van der Waals surface area contributed by atoms with Crippen molar-refractivity contribution in [3.63, 3.8) is 0 Å². The lowest BCUT2D eigenvalue weighted by Crippen LogP contribution is -2.61. The normalized spacial score (nSPS) is 29.2. The molecule has 3 N–H and O–H groups in total. The molecule has 0 aromatic carbocycles. The number of amidine groups is 1. The molecule has 0 unspecified atom stereocenters. The minimum absolute atomic E-state index is 0.168. The largest absolute Gasteiger partial charge is 0.319 e. The molecule has 19 heavy (non-hydrogen) atoms. The Bertz CT molecular complexity index is 444. The van der Waals surface area contributed by atoms with Gasteiger partial charge >= 0.3 is 0 Å². The lowest BCUT2D eigenvalue weighted by atomic mass is 9.71. The van der Waals surface area contributed by atoms with Gasteiger partial charge in [-0.05, 0) is 25.7 Å². The fourth-order valence-electron chi connectivity index (χ4n) is 3.64. The molecule has 0 bridgehead atoms. The summed E-state index contributed by atoms with van der Waals surface area (Å²) in [7, 11) is 0. The van der Waals surface area contributed by atoms with Gasteiger partial charge < -0.3 is 11.1 Å². The van der Waals surface area contributed by atoms with Crippen molar-refractivity contribution < 1.29 is 9.59 Å². The topological polar surface area (TPSA) is 84.5 Å². The number of amides is 2. The van der Waals surface area contributed by atoms with Gasteiger partial charge in [-0.2, -0.15) is 4.99 Å². The lowest BCUT2D eigenvalue weighted by Gasteiger charge is -2.38. The van der Waals surface area contributed by atoms with Gasteiger partial charge in [-0.15, -0.1) is 0 Å². The first kappa shape index (κ1) is 12.8. The molecule has 5 nitrogen and oxygen atoms in total. The molecule has 0 atom stereocenters. The molecule has 0 radical (unpaired) electrons. The number of carbonyl (C=O) groups is 2. The van der Waals surface area contributed by atoms with Crippen LogP contribution in [-0.2, 0) is 9.59 Å². The van der Waals surface area contributed by atoms with Crippen LogP contribution in [0.4, 0.5) is 0 Å². The zero-order valence-corrected chi connectivity index (χ0v) is 11.2. The highest BCUT2D eigenvalue weighted by molar-refractivity contribution is 6.20. The highest BCUT2D eigenvalue weighted by Crippen LogP contribution is 2.40. The molecule has 104 valence electrons. The summed E-state index contributed by atoms with van der Waals surface area (Å²) in [6, 6.07) is 0. The number of aliphatic imine (C=N–C) groups is 1. The molecule has 3 aliphatic rings. The molecule has 5 heteroatoms. The van der Waals surface area contributed by atoms with Crippen LogP contribution in [0.2, 0.25) is 0 Å². The highest BCUT2D eigenvalue weighted by Gasteiger charge is 2.51. The Hall–Kier alpha value is -1.23. The molecular weight excluding hydrogens is 242 g/mol. The molecule has 2 fully saturated rings. The van der Waals surface area contributed by atoms with Crippen molar-refractivity contribution in [3.05, 3.63) is 0 Å². The third-order valence-corrected chi connectivity index (χ3v) is 4.96. The van der Waals surface area contributed by atoms with Crippen LogP contribution in [0.25, 0.3) is 0 Å². The molecule has 1 aliphatic heterocycles. The summed E-state index contributed by atoms with van der Waals surface area (Å²) in [6.45, 7) is 0. The number of hydrogen-bond donors (Lipinski definition) is 2. The predicted octanol–water partition coefficient (Wildman–Crippen LogP) is 1.26. The van der Waals surface area contributed by atoms with Crippen molar-refractivity contribution in [2.75, 3.05) is 0 Å². The average Bonchev–Trinajstić information content (AvgIpc) is 2.85. The first-order valence-electron chi connectivity index (χ1n) is 7.31. The van der Waals surface area contributed by atoms with Gasteiger partial charge in [-0.25, -0.2) is 0 Å². The van der Waals surface area contributed by atoms with E-state index in [1.54, 1.807) is 0 Å². The van der Waals surface area contributed by atoms with E-state index in [-0.39, 0.29) is 11.8 Å². The standard InChI is InChI=1S/C14H21N3O2/c15-14(8-4-5-9-14)10-16-11(18)13(12(19)17-10)6-2-1-3-7-13/h1-9,15H2,(H,16,17,18,19). The Kier molecular flexibility index (Phi) is 2.96. The average molecular weight is 263 g/mol. The van der Waals surface area contributed by atoms with E-state index in [4.69, 9.17) is 5.73 Å². The smallest absolute Gasteiger partial charge is 0.263 e. The summed E-state index contributed by atoms with van der Waals surface area (Å²) < 4.78 is 0. The third-order valence-electron chi connectivity index (χ3n) is 4.96. The van der Waals surface area contributed by atoms with E-state index in [1.807, 2.05) is 0 Å². The van der Waals surface area contributed by atoms with Gasteiger partial charge in [0.15, 0.2) is 0 Å². The van der Waals surface area contributed by atoms with E-state index < -0.39 is 11.0 Å². The van der Waals surface area contributed by atoms with Crippen LogP contribution in [0.3, 0.4) is 0 Å². The number of nitrogens with one attached hydrogen (secondary N) is 1. The van der Waals surface area contributed by atoms with Crippen LogP contribution in [0.5, 0.6) is 0 Å². The number of nitrogens with two attached hydrogens (primary N) is 1. The van der Waals surface area contributed by atoms with Crippen molar-refractivity contribution in [1.82, 2.24) is 5.32 Å². The van der Waals surface area contributed by atoms with Crippen molar-refractivity contribution in [2.45, 2.75) is 63.3 Å². The molecule has 2 amide bonds. The van der Waals surface area contributed by atoms with Crippen LogP contribution in [0, 0.1) is 5.41 Å². The minimum Gasteiger partial charge on any atom is -0.319 e. The predicted molar refractivity (Wildman–Crippen MR) is 71.5 cm³/mol. The molecule has 2 aliphatic carbocycles. The second-order valence-corrected chi connectivity index (χ2v) is 6.23. The second kappa shape index (κ2) is 4.40. The summed E-state index contributed by atoms with van der Waals surface area (Å²) in [5.74, 6) is -0.0159. The van der Waals surface area contributed by atoms with Crippen LogP contribution in [-0.4, -0.2) is 23.2 Å². The highest BCUT2D eigenvalue weighted by atomic mass is 16.2. The summed E-state index contributed by atoms with van der Waals surface area (Å²) >= 11 is 0. The molecule has 0 aromatic rings. The maximum atomic E-state index is 12.4. The number of hydrogen-bond acceptors (Lipinski definition) is 3. The summed E-state index contributed by atoms with van der Waals surface area (Å²) in [4.78, 5) is 29.0. The van der Waals surface area contributed by atoms with Gasteiger partial charge in [0.1, 0.15) is 11.3 Å². The summed E-state index contributed by atoms with van der Waals surface area (Å²) in [6.07, 6.45) is 7.88. The van der Waals surface area contributed by atoms with E-state index >= 15 is 0 Å². The maximum absolute atomic E-state index is 12.4. The molecule has 1 heterocycles. The van der Waals surface area contributed by atoms with Gasteiger partial charge in [0, 0.05) is 0 Å². The van der Waals surface area contributed by atoms with Crippen LogP contribution in [0.15, 0.2) is 4.99 Å². The van der Waals surface area contributed by atoms with E-state index in [1.165, 1.54) is 0 Å². The fourth-order valence-corrected chi connectivity index (χ4v) is 3.64. The Labute approximate surface area is 113 Å². The Morgan fingerprint density at radius 2 is 1.53 bits per heavy atom. The SMILES string of the molecule is NC1(C2=NC(=O)C3(CCCCC3)C(=O)N2)CCCC1. The molecule has 0 saturated heterocycles. The Balaban J connectivity index is 1.90. The van der Waals surface area contributed by atoms with Crippen molar-refractivity contribution in [2.24, 2.45) is 16.1 Å².